The second-order valence-electron chi connectivity index (χ2n) is 4.34. The highest BCUT2D eigenvalue weighted by Crippen LogP contribution is 2.07. The lowest BCUT2D eigenvalue weighted by Crippen LogP contribution is -2.44. The molecule has 0 atom stereocenters. The van der Waals surface area contributed by atoms with Crippen LogP contribution in [0.2, 0.25) is 0 Å². The van der Waals surface area contributed by atoms with Crippen molar-refractivity contribution in [1.29, 1.82) is 0 Å². The minimum atomic E-state index is -0.639. The Kier molecular flexibility index (Phi) is 4.31. The van der Waals surface area contributed by atoms with Crippen LogP contribution in [0.15, 0.2) is 22.8 Å². The fourth-order valence-electron chi connectivity index (χ4n) is 1.10. The fourth-order valence-corrected chi connectivity index (χ4v) is 1.10. The minimum absolute atomic E-state index is 0.0903. The summed E-state index contributed by atoms with van der Waals surface area (Å²) in [5.41, 5.74) is -0.297. The monoisotopic (exact) mass is 239 g/mol. The number of carbonyl (C=O) groups is 2. The molecule has 0 saturated carbocycles. The van der Waals surface area contributed by atoms with Gasteiger partial charge in [-0.2, -0.15) is 0 Å². The lowest BCUT2D eigenvalue weighted by molar-refractivity contribution is -0.125. The molecule has 1 aromatic rings. The number of nitrogens with one attached hydrogen (secondary N) is 1. The van der Waals surface area contributed by atoms with Crippen molar-refractivity contribution in [3.05, 3.63) is 24.2 Å². The molecule has 0 aliphatic heterocycles. The first kappa shape index (κ1) is 13.3. The predicted octanol–water partition coefficient (Wildman–Crippen LogP) is 1.74. The number of hydrogen-bond acceptors (Lipinski definition) is 4. The zero-order valence-electron chi connectivity index (χ0n) is 10.3. The van der Waals surface area contributed by atoms with Crippen molar-refractivity contribution in [2.24, 2.45) is 0 Å². The maximum absolute atomic E-state index is 11.5. The van der Waals surface area contributed by atoms with Crippen molar-refractivity contribution in [1.82, 2.24) is 5.32 Å². The number of esters is 1. The van der Waals surface area contributed by atoms with Crippen molar-refractivity contribution in [2.75, 3.05) is 6.61 Å². The normalized spacial score (nSPS) is 11.0. The van der Waals surface area contributed by atoms with Gasteiger partial charge in [0.1, 0.15) is 0 Å². The zero-order chi connectivity index (χ0) is 12.9. The Morgan fingerprint density at radius 3 is 2.71 bits per heavy atom. The SMILES string of the molecule is CCC(C)(C)NC(=O)COC(=O)c1ccco1. The number of amides is 1. The highest BCUT2D eigenvalue weighted by molar-refractivity contribution is 5.88. The van der Waals surface area contributed by atoms with Crippen LogP contribution in [0, 0.1) is 0 Å². The lowest BCUT2D eigenvalue weighted by Gasteiger charge is -2.24. The fraction of sp³-hybridized carbons (Fsp3) is 0.500. The molecule has 0 saturated heterocycles. The zero-order valence-corrected chi connectivity index (χ0v) is 10.3. The Balaban J connectivity index is 2.36. The Labute approximate surface area is 100 Å². The van der Waals surface area contributed by atoms with Crippen LogP contribution in [-0.2, 0) is 9.53 Å². The van der Waals surface area contributed by atoms with Gasteiger partial charge in [-0.1, -0.05) is 6.92 Å². The Morgan fingerprint density at radius 1 is 1.47 bits per heavy atom. The van der Waals surface area contributed by atoms with E-state index < -0.39 is 5.97 Å². The van der Waals surface area contributed by atoms with E-state index in [4.69, 9.17) is 9.15 Å². The average Bonchev–Trinajstić information content (AvgIpc) is 2.78. The quantitative estimate of drug-likeness (QED) is 0.795. The van der Waals surface area contributed by atoms with Crippen LogP contribution in [0.25, 0.3) is 0 Å². The van der Waals surface area contributed by atoms with Crippen LogP contribution in [0.4, 0.5) is 0 Å². The molecule has 0 bridgehead atoms. The van der Waals surface area contributed by atoms with E-state index in [1.54, 1.807) is 6.07 Å². The molecule has 1 heterocycles. The maximum atomic E-state index is 11.5. The van der Waals surface area contributed by atoms with Gasteiger partial charge in [0.2, 0.25) is 5.76 Å². The summed E-state index contributed by atoms with van der Waals surface area (Å²) in [5, 5.41) is 2.76. The molecular formula is C12H17NO4. The molecular weight excluding hydrogens is 222 g/mol. The number of furan rings is 1. The third-order valence-corrected chi connectivity index (χ3v) is 2.42. The van der Waals surface area contributed by atoms with Crippen LogP contribution in [0.1, 0.15) is 37.7 Å². The number of hydrogen-bond donors (Lipinski definition) is 1. The average molecular weight is 239 g/mol. The van der Waals surface area contributed by atoms with Crippen molar-refractivity contribution in [3.63, 3.8) is 0 Å². The van der Waals surface area contributed by atoms with Gasteiger partial charge in [-0.15, -0.1) is 0 Å². The Hall–Kier alpha value is -1.78. The van der Waals surface area contributed by atoms with E-state index in [0.29, 0.717) is 0 Å². The molecule has 1 rings (SSSR count). The summed E-state index contributed by atoms with van der Waals surface area (Å²) >= 11 is 0. The van der Waals surface area contributed by atoms with E-state index in [9.17, 15) is 9.59 Å². The highest BCUT2D eigenvalue weighted by atomic mass is 16.5. The third-order valence-electron chi connectivity index (χ3n) is 2.42. The second kappa shape index (κ2) is 5.52. The third kappa shape index (κ3) is 4.30. The molecule has 0 spiro atoms. The first-order valence-corrected chi connectivity index (χ1v) is 5.46. The maximum Gasteiger partial charge on any atom is 0.374 e. The van der Waals surface area contributed by atoms with Crippen LogP contribution >= 0.6 is 0 Å². The van der Waals surface area contributed by atoms with Crippen LogP contribution in [-0.4, -0.2) is 24.0 Å². The van der Waals surface area contributed by atoms with Crippen molar-refractivity contribution in [2.45, 2.75) is 32.7 Å². The molecule has 0 aliphatic carbocycles. The van der Waals surface area contributed by atoms with E-state index >= 15 is 0 Å². The van der Waals surface area contributed by atoms with Crippen molar-refractivity contribution in [3.8, 4) is 0 Å². The molecule has 0 radical (unpaired) electrons. The molecule has 5 nitrogen and oxygen atoms in total. The summed E-state index contributed by atoms with van der Waals surface area (Å²) in [6.07, 6.45) is 2.17. The molecule has 0 fully saturated rings. The Morgan fingerprint density at radius 2 is 2.18 bits per heavy atom. The van der Waals surface area contributed by atoms with Gasteiger partial charge in [-0.25, -0.2) is 4.79 Å². The van der Waals surface area contributed by atoms with Crippen LogP contribution < -0.4 is 5.32 Å². The molecule has 17 heavy (non-hydrogen) atoms. The summed E-state index contributed by atoms with van der Waals surface area (Å²) in [5.74, 6) is -0.872. The van der Waals surface area contributed by atoms with Gasteiger partial charge in [0, 0.05) is 5.54 Å². The van der Waals surface area contributed by atoms with Crippen molar-refractivity contribution >= 4 is 11.9 Å². The summed E-state index contributed by atoms with van der Waals surface area (Å²) in [6, 6.07) is 3.06. The van der Waals surface area contributed by atoms with Gasteiger partial charge in [-0.3, -0.25) is 4.79 Å². The van der Waals surface area contributed by atoms with Gasteiger partial charge in [0.25, 0.3) is 5.91 Å². The number of ether oxygens (including phenoxy) is 1. The van der Waals surface area contributed by atoms with E-state index in [-0.39, 0.29) is 23.8 Å². The molecule has 0 unspecified atom stereocenters. The summed E-state index contributed by atoms with van der Waals surface area (Å²) in [6.45, 7) is 5.47. The van der Waals surface area contributed by atoms with Crippen molar-refractivity contribution < 1.29 is 18.7 Å². The lowest BCUT2D eigenvalue weighted by atomic mass is 10.0. The minimum Gasteiger partial charge on any atom is -0.457 e. The van der Waals surface area contributed by atoms with Crippen LogP contribution in [0.3, 0.4) is 0 Å². The van der Waals surface area contributed by atoms with Gasteiger partial charge in [0.15, 0.2) is 6.61 Å². The van der Waals surface area contributed by atoms with Gasteiger partial charge in [0.05, 0.1) is 6.26 Å². The first-order chi connectivity index (χ1) is 7.94. The molecule has 94 valence electrons. The molecule has 1 aromatic heterocycles. The first-order valence-electron chi connectivity index (χ1n) is 5.46. The second-order valence-corrected chi connectivity index (χ2v) is 4.34. The smallest absolute Gasteiger partial charge is 0.374 e. The van der Waals surface area contributed by atoms with E-state index in [1.165, 1.54) is 12.3 Å². The molecule has 1 amide bonds. The summed E-state index contributed by atoms with van der Waals surface area (Å²) in [7, 11) is 0. The molecule has 0 aliphatic rings. The van der Waals surface area contributed by atoms with E-state index in [1.807, 2.05) is 20.8 Å². The van der Waals surface area contributed by atoms with Gasteiger partial charge in [-0.05, 0) is 32.4 Å². The standard InChI is InChI=1S/C12H17NO4/c1-4-12(2,3)13-10(14)8-17-11(15)9-6-5-7-16-9/h5-7H,4,8H2,1-3H3,(H,13,14). The summed E-state index contributed by atoms with van der Waals surface area (Å²) < 4.78 is 9.64. The molecule has 0 aromatic carbocycles. The van der Waals surface area contributed by atoms with E-state index in [2.05, 4.69) is 5.32 Å². The molecule has 1 N–H and O–H groups in total. The topological polar surface area (TPSA) is 68.5 Å². The van der Waals surface area contributed by atoms with Gasteiger partial charge < -0.3 is 14.5 Å². The van der Waals surface area contributed by atoms with E-state index in [0.717, 1.165) is 6.42 Å². The predicted molar refractivity (Wildman–Crippen MR) is 61.5 cm³/mol. The number of rotatable bonds is 5. The number of carbonyl (C=O) groups excluding carboxylic acids is 2. The van der Waals surface area contributed by atoms with Gasteiger partial charge >= 0.3 is 5.97 Å². The summed E-state index contributed by atoms with van der Waals surface area (Å²) in [4.78, 5) is 22.8. The largest absolute Gasteiger partial charge is 0.457 e. The Bertz CT molecular complexity index is 381. The molecule has 5 heteroatoms. The highest BCUT2D eigenvalue weighted by Gasteiger charge is 2.19. The van der Waals surface area contributed by atoms with Crippen LogP contribution in [0.5, 0.6) is 0 Å².